The summed E-state index contributed by atoms with van der Waals surface area (Å²) in [6.07, 6.45) is 3.35. The molecule has 2 aromatic heterocycles. The van der Waals surface area contributed by atoms with Gasteiger partial charge in [-0.15, -0.1) is 11.3 Å². The summed E-state index contributed by atoms with van der Waals surface area (Å²) in [5, 5.41) is 11.2. The van der Waals surface area contributed by atoms with Crippen LogP contribution in [-0.4, -0.2) is 29.1 Å². The summed E-state index contributed by atoms with van der Waals surface area (Å²) in [5.41, 5.74) is 1.54. The first-order valence-electron chi connectivity index (χ1n) is 7.99. The predicted molar refractivity (Wildman–Crippen MR) is 88.6 cm³/mol. The van der Waals surface area contributed by atoms with Crippen LogP contribution in [0.1, 0.15) is 44.7 Å². The number of thiazole rings is 1. The lowest BCUT2D eigenvalue weighted by atomic mass is 9.95. The molecule has 124 valence electrons. The maximum atomic E-state index is 12.3. The molecule has 2 N–H and O–H groups in total. The number of aryl methyl sites for hydroxylation is 2. The summed E-state index contributed by atoms with van der Waals surface area (Å²) in [4.78, 5) is 17.6. The van der Waals surface area contributed by atoms with E-state index < -0.39 is 0 Å². The number of amides is 1. The van der Waals surface area contributed by atoms with Crippen molar-refractivity contribution in [3.05, 3.63) is 33.1 Å². The Kier molecular flexibility index (Phi) is 5.07. The van der Waals surface area contributed by atoms with Crippen molar-refractivity contribution in [1.29, 1.82) is 0 Å². The molecule has 0 atom stereocenters. The summed E-state index contributed by atoms with van der Waals surface area (Å²) >= 11 is 1.51. The molecule has 23 heavy (non-hydrogen) atoms. The van der Waals surface area contributed by atoms with Crippen molar-refractivity contribution < 1.29 is 9.32 Å². The van der Waals surface area contributed by atoms with Crippen LogP contribution in [0.2, 0.25) is 0 Å². The van der Waals surface area contributed by atoms with Crippen LogP contribution in [0.25, 0.3) is 0 Å². The van der Waals surface area contributed by atoms with Crippen LogP contribution in [0.4, 0.5) is 0 Å². The molecule has 1 aliphatic heterocycles. The van der Waals surface area contributed by atoms with E-state index in [4.69, 9.17) is 4.52 Å². The number of hydrogen-bond acceptors (Lipinski definition) is 6. The Morgan fingerprint density at radius 1 is 1.43 bits per heavy atom. The van der Waals surface area contributed by atoms with E-state index in [1.165, 1.54) is 24.2 Å². The minimum absolute atomic E-state index is 0.0859. The number of nitrogens with zero attached hydrogens (tertiary/aromatic N) is 2. The molecule has 0 aromatic carbocycles. The van der Waals surface area contributed by atoms with Gasteiger partial charge >= 0.3 is 0 Å². The molecule has 0 radical (unpaired) electrons. The van der Waals surface area contributed by atoms with Crippen molar-refractivity contribution in [1.82, 2.24) is 20.8 Å². The number of aromatic nitrogens is 2. The summed E-state index contributed by atoms with van der Waals surface area (Å²) in [5.74, 6) is 1.33. The van der Waals surface area contributed by atoms with E-state index in [1.54, 1.807) is 0 Å². The van der Waals surface area contributed by atoms with Gasteiger partial charge in [-0.25, -0.2) is 4.98 Å². The molecule has 0 saturated carbocycles. The lowest BCUT2D eigenvalue weighted by Crippen LogP contribution is -2.28. The topological polar surface area (TPSA) is 80.0 Å². The molecule has 0 aliphatic carbocycles. The molecule has 2 aromatic rings. The average molecular weight is 334 g/mol. The second-order valence-corrected chi connectivity index (χ2v) is 7.11. The normalized spacial score (nSPS) is 15.7. The first kappa shape index (κ1) is 16.1. The van der Waals surface area contributed by atoms with Crippen molar-refractivity contribution in [2.75, 3.05) is 13.1 Å². The molecule has 0 spiro atoms. The Morgan fingerprint density at radius 3 is 2.91 bits per heavy atom. The van der Waals surface area contributed by atoms with Crippen LogP contribution >= 0.6 is 11.3 Å². The standard InChI is InChI=1S/C16H22N4O2S/c1-10-7-13(20-22-10)9-18-16(21)15-11(2)19-14(23-15)8-12-3-5-17-6-4-12/h7,12,17H,3-6,8-9H2,1-2H3,(H,18,21). The van der Waals surface area contributed by atoms with Crippen LogP contribution in [0.3, 0.4) is 0 Å². The van der Waals surface area contributed by atoms with Crippen molar-refractivity contribution in [3.63, 3.8) is 0 Å². The van der Waals surface area contributed by atoms with Crippen molar-refractivity contribution in [2.45, 2.75) is 39.7 Å². The first-order chi connectivity index (χ1) is 11.1. The van der Waals surface area contributed by atoms with Gasteiger partial charge in [0.15, 0.2) is 0 Å². The quantitative estimate of drug-likeness (QED) is 0.876. The highest BCUT2D eigenvalue weighted by Crippen LogP contribution is 2.24. The maximum Gasteiger partial charge on any atom is 0.263 e. The Balaban J connectivity index is 1.59. The molecule has 1 amide bonds. The maximum absolute atomic E-state index is 12.3. The van der Waals surface area contributed by atoms with Crippen LogP contribution in [0.15, 0.2) is 10.6 Å². The van der Waals surface area contributed by atoms with Crippen LogP contribution < -0.4 is 10.6 Å². The lowest BCUT2D eigenvalue weighted by Gasteiger charge is -2.21. The van der Waals surface area contributed by atoms with Gasteiger partial charge in [-0.05, 0) is 45.7 Å². The predicted octanol–water partition coefficient (Wildman–Crippen LogP) is 2.22. The largest absolute Gasteiger partial charge is 0.361 e. The monoisotopic (exact) mass is 334 g/mol. The molecule has 1 saturated heterocycles. The lowest BCUT2D eigenvalue weighted by molar-refractivity contribution is 0.0953. The second kappa shape index (κ2) is 7.23. The van der Waals surface area contributed by atoms with Gasteiger partial charge in [-0.2, -0.15) is 0 Å². The van der Waals surface area contributed by atoms with Crippen molar-refractivity contribution >= 4 is 17.2 Å². The number of carbonyl (C=O) groups is 1. The Labute approximate surface area is 139 Å². The summed E-state index contributed by atoms with van der Waals surface area (Å²) in [6.45, 7) is 6.27. The van der Waals surface area contributed by atoms with Crippen molar-refractivity contribution in [2.24, 2.45) is 5.92 Å². The van der Waals surface area contributed by atoms with E-state index in [2.05, 4.69) is 20.8 Å². The third-order valence-electron chi connectivity index (χ3n) is 4.08. The van der Waals surface area contributed by atoms with Gasteiger partial charge in [0.1, 0.15) is 16.3 Å². The number of rotatable bonds is 5. The van der Waals surface area contributed by atoms with Crippen LogP contribution in [0, 0.1) is 19.8 Å². The number of carbonyl (C=O) groups excluding carboxylic acids is 1. The summed E-state index contributed by atoms with van der Waals surface area (Å²) < 4.78 is 5.00. The molecular weight excluding hydrogens is 312 g/mol. The van der Waals surface area contributed by atoms with Crippen LogP contribution in [-0.2, 0) is 13.0 Å². The SMILES string of the molecule is Cc1cc(CNC(=O)c2sc(CC3CCNCC3)nc2C)no1. The fourth-order valence-corrected chi connectivity index (χ4v) is 3.93. The zero-order chi connectivity index (χ0) is 16.2. The number of piperidine rings is 1. The number of hydrogen-bond donors (Lipinski definition) is 2. The highest BCUT2D eigenvalue weighted by Gasteiger charge is 2.19. The highest BCUT2D eigenvalue weighted by molar-refractivity contribution is 7.13. The van der Waals surface area contributed by atoms with Crippen LogP contribution in [0.5, 0.6) is 0 Å². The zero-order valence-electron chi connectivity index (χ0n) is 13.5. The van der Waals surface area contributed by atoms with E-state index in [0.717, 1.165) is 41.7 Å². The molecule has 6 nitrogen and oxygen atoms in total. The molecule has 0 bridgehead atoms. The average Bonchev–Trinajstić information content (AvgIpc) is 3.12. The van der Waals surface area contributed by atoms with E-state index in [-0.39, 0.29) is 5.91 Å². The summed E-state index contributed by atoms with van der Waals surface area (Å²) in [7, 11) is 0. The molecule has 3 rings (SSSR count). The third-order valence-corrected chi connectivity index (χ3v) is 5.25. The minimum atomic E-state index is -0.0859. The van der Waals surface area contributed by atoms with E-state index >= 15 is 0 Å². The molecule has 1 aliphatic rings. The Bertz CT molecular complexity index is 673. The third kappa shape index (κ3) is 4.17. The molecule has 7 heteroatoms. The first-order valence-corrected chi connectivity index (χ1v) is 8.81. The minimum Gasteiger partial charge on any atom is -0.361 e. The fourth-order valence-electron chi connectivity index (χ4n) is 2.84. The van der Waals surface area contributed by atoms with E-state index in [0.29, 0.717) is 17.3 Å². The Hall–Kier alpha value is -1.73. The van der Waals surface area contributed by atoms with Gasteiger partial charge in [0.2, 0.25) is 0 Å². The zero-order valence-corrected chi connectivity index (χ0v) is 14.3. The van der Waals surface area contributed by atoms with Gasteiger partial charge in [0.25, 0.3) is 5.91 Å². The number of nitrogens with one attached hydrogen (secondary N) is 2. The molecule has 1 fully saturated rings. The van der Waals surface area contributed by atoms with Gasteiger partial charge in [0, 0.05) is 12.5 Å². The van der Waals surface area contributed by atoms with Crippen molar-refractivity contribution in [3.8, 4) is 0 Å². The van der Waals surface area contributed by atoms with Gasteiger partial charge < -0.3 is 15.2 Å². The smallest absolute Gasteiger partial charge is 0.263 e. The van der Waals surface area contributed by atoms with E-state index in [9.17, 15) is 4.79 Å². The van der Waals surface area contributed by atoms with E-state index in [1.807, 2.05) is 19.9 Å². The summed E-state index contributed by atoms with van der Waals surface area (Å²) in [6, 6.07) is 1.82. The molecular formula is C16H22N4O2S. The molecule has 0 unspecified atom stereocenters. The van der Waals surface area contributed by atoms with Gasteiger partial charge in [-0.3, -0.25) is 4.79 Å². The second-order valence-electron chi connectivity index (χ2n) is 6.03. The molecule has 3 heterocycles. The Morgan fingerprint density at radius 2 is 2.22 bits per heavy atom. The van der Waals surface area contributed by atoms with Gasteiger partial charge in [-0.1, -0.05) is 5.16 Å². The van der Waals surface area contributed by atoms with Gasteiger partial charge in [0.05, 0.1) is 17.2 Å². The fraction of sp³-hybridized carbons (Fsp3) is 0.562. The highest BCUT2D eigenvalue weighted by atomic mass is 32.1.